The van der Waals surface area contributed by atoms with Gasteiger partial charge in [-0.05, 0) is 24.6 Å². The van der Waals surface area contributed by atoms with Crippen LogP contribution in [0.15, 0.2) is 59.7 Å². The number of hydrazone groups is 1. The quantitative estimate of drug-likeness (QED) is 0.488. The van der Waals surface area contributed by atoms with E-state index in [1.807, 2.05) is 30.3 Å². The molecule has 0 aliphatic heterocycles. The zero-order chi connectivity index (χ0) is 17.4. The molecule has 2 aromatic rings. The molecule has 0 unspecified atom stereocenters. The van der Waals surface area contributed by atoms with E-state index in [1.165, 1.54) is 0 Å². The zero-order valence-corrected chi connectivity index (χ0v) is 13.9. The Kier molecular flexibility index (Phi) is 6.51. The van der Waals surface area contributed by atoms with E-state index in [4.69, 9.17) is 16.3 Å². The van der Waals surface area contributed by atoms with E-state index in [1.54, 1.807) is 31.2 Å². The molecule has 1 amide bonds. The normalized spacial score (nSPS) is 11.0. The van der Waals surface area contributed by atoms with Gasteiger partial charge in [0, 0.05) is 10.6 Å². The highest BCUT2D eigenvalue weighted by Gasteiger charge is 2.13. The molecule has 0 radical (unpaired) electrons. The first kappa shape index (κ1) is 17.7. The molecule has 0 aromatic heterocycles. The summed E-state index contributed by atoms with van der Waals surface area (Å²) in [6.45, 7) is 1.94. The molecule has 0 atom stereocenters. The van der Waals surface area contributed by atoms with Gasteiger partial charge in [-0.25, -0.2) is 10.2 Å². The van der Waals surface area contributed by atoms with Crippen LogP contribution in [0.5, 0.6) is 0 Å². The molecule has 0 heterocycles. The van der Waals surface area contributed by atoms with Crippen molar-refractivity contribution in [2.45, 2.75) is 13.3 Å². The molecule has 0 saturated carbocycles. The third-order valence-electron chi connectivity index (χ3n) is 3.14. The maximum Gasteiger partial charge on any atom is 0.427 e. The molecule has 1 N–H and O–H groups in total. The second-order valence-electron chi connectivity index (χ2n) is 4.87. The lowest BCUT2D eigenvalue weighted by molar-refractivity contribution is 0.1000. The summed E-state index contributed by atoms with van der Waals surface area (Å²) in [6.07, 6.45) is -0.641. The average Bonchev–Trinajstić information content (AvgIpc) is 2.59. The minimum absolute atomic E-state index is 0.0246. The first-order valence-electron chi connectivity index (χ1n) is 7.43. The van der Waals surface area contributed by atoms with Gasteiger partial charge in [-0.3, -0.25) is 4.79 Å². The monoisotopic (exact) mass is 344 g/mol. The van der Waals surface area contributed by atoms with Crippen LogP contribution in [0.4, 0.5) is 4.79 Å². The van der Waals surface area contributed by atoms with Crippen LogP contribution in [0, 0.1) is 0 Å². The molecule has 0 fully saturated rings. The van der Waals surface area contributed by atoms with Gasteiger partial charge in [0.2, 0.25) is 0 Å². The molecule has 0 aliphatic rings. The van der Waals surface area contributed by atoms with E-state index in [0.717, 1.165) is 5.56 Å². The topological polar surface area (TPSA) is 67.8 Å². The largest absolute Gasteiger partial charge is 0.449 e. The molecule has 0 saturated heterocycles. The molecule has 0 bridgehead atoms. The standard InChI is InChI=1S/C18H17ClN2O3/c1-2-24-18(23)21-20-16(13-7-4-3-5-8-13)12-17(22)14-9-6-10-15(19)11-14/h3-11H,2,12H2,1H3,(H,21,23)/b20-16+. The van der Waals surface area contributed by atoms with Crippen molar-refractivity contribution in [2.75, 3.05) is 6.61 Å². The number of amides is 1. The Morgan fingerprint density at radius 3 is 2.46 bits per heavy atom. The molecule has 124 valence electrons. The number of ether oxygens (including phenoxy) is 1. The lowest BCUT2D eigenvalue weighted by Crippen LogP contribution is -2.22. The maximum atomic E-state index is 12.5. The number of carbonyl (C=O) groups is 2. The van der Waals surface area contributed by atoms with Gasteiger partial charge in [0.1, 0.15) is 0 Å². The van der Waals surface area contributed by atoms with Crippen molar-refractivity contribution < 1.29 is 14.3 Å². The third kappa shape index (κ3) is 5.21. The van der Waals surface area contributed by atoms with E-state index in [9.17, 15) is 9.59 Å². The van der Waals surface area contributed by atoms with Crippen LogP contribution < -0.4 is 5.43 Å². The van der Waals surface area contributed by atoms with E-state index in [2.05, 4.69) is 10.5 Å². The Balaban J connectivity index is 2.21. The summed E-state index contributed by atoms with van der Waals surface area (Å²) in [6, 6.07) is 15.9. The Morgan fingerprint density at radius 1 is 1.08 bits per heavy atom. The highest BCUT2D eigenvalue weighted by atomic mass is 35.5. The van der Waals surface area contributed by atoms with Gasteiger partial charge in [0.25, 0.3) is 0 Å². The van der Waals surface area contributed by atoms with Gasteiger partial charge < -0.3 is 4.74 Å². The van der Waals surface area contributed by atoms with Crippen LogP contribution in [0.3, 0.4) is 0 Å². The predicted molar refractivity (Wildman–Crippen MR) is 93.5 cm³/mol. The van der Waals surface area contributed by atoms with Gasteiger partial charge in [-0.15, -0.1) is 0 Å². The van der Waals surface area contributed by atoms with Crippen LogP contribution >= 0.6 is 11.6 Å². The highest BCUT2D eigenvalue weighted by Crippen LogP contribution is 2.14. The fourth-order valence-corrected chi connectivity index (χ4v) is 2.22. The number of halogens is 1. The average molecular weight is 345 g/mol. The van der Waals surface area contributed by atoms with Crippen molar-refractivity contribution in [3.63, 3.8) is 0 Å². The molecule has 5 nitrogen and oxygen atoms in total. The Labute approximate surface area is 145 Å². The van der Waals surface area contributed by atoms with Crippen LogP contribution in [0.25, 0.3) is 0 Å². The van der Waals surface area contributed by atoms with Crippen LogP contribution in [-0.2, 0) is 4.74 Å². The number of carbonyl (C=O) groups excluding carboxylic acids is 2. The van der Waals surface area contributed by atoms with Crippen LogP contribution in [-0.4, -0.2) is 24.2 Å². The SMILES string of the molecule is CCOC(=O)N/N=C(\CC(=O)c1cccc(Cl)c1)c1ccccc1. The summed E-state index contributed by atoms with van der Waals surface area (Å²) in [4.78, 5) is 23.9. The minimum atomic E-state index is -0.666. The summed E-state index contributed by atoms with van der Waals surface area (Å²) in [5.41, 5.74) is 3.97. The van der Waals surface area contributed by atoms with Crippen molar-refractivity contribution in [3.05, 3.63) is 70.7 Å². The number of benzene rings is 2. The first-order valence-corrected chi connectivity index (χ1v) is 7.81. The Hall–Kier alpha value is -2.66. The van der Waals surface area contributed by atoms with Crippen molar-refractivity contribution >= 4 is 29.2 Å². The maximum absolute atomic E-state index is 12.5. The summed E-state index contributed by atoms with van der Waals surface area (Å²) >= 11 is 5.92. The molecular formula is C18H17ClN2O3. The molecule has 2 aromatic carbocycles. The molecule has 0 spiro atoms. The van der Waals surface area contributed by atoms with E-state index in [-0.39, 0.29) is 18.8 Å². The van der Waals surface area contributed by atoms with Crippen LogP contribution in [0.1, 0.15) is 29.3 Å². The van der Waals surface area contributed by atoms with Crippen molar-refractivity contribution in [3.8, 4) is 0 Å². The van der Waals surface area contributed by atoms with Gasteiger partial charge in [0.15, 0.2) is 5.78 Å². The highest BCUT2D eigenvalue weighted by molar-refractivity contribution is 6.31. The lowest BCUT2D eigenvalue weighted by atomic mass is 10.0. The Bertz CT molecular complexity index is 745. The molecule has 0 aliphatic carbocycles. The first-order chi connectivity index (χ1) is 11.6. The molecule has 24 heavy (non-hydrogen) atoms. The second-order valence-corrected chi connectivity index (χ2v) is 5.30. The number of Topliss-reactive ketones (excluding diaryl/α,β-unsaturated/α-hetero) is 1. The Morgan fingerprint density at radius 2 is 1.79 bits per heavy atom. The predicted octanol–water partition coefficient (Wildman–Crippen LogP) is 4.06. The summed E-state index contributed by atoms with van der Waals surface area (Å²) in [5.74, 6) is -0.147. The summed E-state index contributed by atoms with van der Waals surface area (Å²) < 4.78 is 4.77. The fourth-order valence-electron chi connectivity index (χ4n) is 2.03. The minimum Gasteiger partial charge on any atom is -0.449 e. The summed E-state index contributed by atoms with van der Waals surface area (Å²) in [5, 5.41) is 4.53. The van der Waals surface area contributed by atoms with Gasteiger partial charge in [-0.1, -0.05) is 54.1 Å². The summed E-state index contributed by atoms with van der Waals surface area (Å²) in [7, 11) is 0. The second kappa shape index (κ2) is 8.84. The van der Waals surface area contributed by atoms with E-state index < -0.39 is 6.09 Å². The number of nitrogens with zero attached hydrogens (tertiary/aromatic N) is 1. The van der Waals surface area contributed by atoms with Crippen molar-refractivity contribution in [1.29, 1.82) is 0 Å². The van der Waals surface area contributed by atoms with Gasteiger partial charge in [0.05, 0.1) is 18.7 Å². The number of rotatable bonds is 6. The number of ketones is 1. The fraction of sp³-hybridized carbons (Fsp3) is 0.167. The number of hydrogen-bond donors (Lipinski definition) is 1. The van der Waals surface area contributed by atoms with Crippen molar-refractivity contribution in [2.24, 2.45) is 5.10 Å². The lowest BCUT2D eigenvalue weighted by Gasteiger charge is -2.08. The van der Waals surface area contributed by atoms with Gasteiger partial charge in [-0.2, -0.15) is 5.10 Å². The van der Waals surface area contributed by atoms with Crippen molar-refractivity contribution in [1.82, 2.24) is 5.43 Å². The number of hydrogen-bond acceptors (Lipinski definition) is 4. The van der Waals surface area contributed by atoms with Crippen LogP contribution in [0.2, 0.25) is 5.02 Å². The number of nitrogens with one attached hydrogen (secondary N) is 1. The smallest absolute Gasteiger partial charge is 0.427 e. The molecular weight excluding hydrogens is 328 g/mol. The van der Waals surface area contributed by atoms with E-state index in [0.29, 0.717) is 16.3 Å². The molecule has 2 rings (SSSR count). The van der Waals surface area contributed by atoms with Gasteiger partial charge >= 0.3 is 6.09 Å². The molecule has 6 heteroatoms. The van der Waals surface area contributed by atoms with E-state index >= 15 is 0 Å². The third-order valence-corrected chi connectivity index (χ3v) is 3.37. The zero-order valence-electron chi connectivity index (χ0n) is 13.2.